The Morgan fingerprint density at radius 3 is 2.70 bits per heavy atom. The molecule has 20 heavy (non-hydrogen) atoms. The second kappa shape index (κ2) is 6.35. The van der Waals surface area contributed by atoms with Crippen LogP contribution in [0, 0.1) is 11.7 Å². The van der Waals surface area contributed by atoms with Crippen LogP contribution in [0.5, 0.6) is 0 Å². The number of hydrogen-bond acceptors (Lipinski definition) is 2. The van der Waals surface area contributed by atoms with E-state index in [0.29, 0.717) is 18.0 Å². The van der Waals surface area contributed by atoms with Crippen molar-refractivity contribution in [1.29, 1.82) is 0 Å². The Hall–Kier alpha value is -1.42. The lowest BCUT2D eigenvalue weighted by Crippen LogP contribution is -2.19. The molecular formula is C16H24FN3. The van der Waals surface area contributed by atoms with E-state index in [2.05, 4.69) is 30.3 Å². The van der Waals surface area contributed by atoms with E-state index in [1.54, 1.807) is 6.07 Å². The minimum atomic E-state index is -0.251. The van der Waals surface area contributed by atoms with Crippen LogP contribution < -0.4 is 5.73 Å². The summed E-state index contributed by atoms with van der Waals surface area (Å²) in [4.78, 5) is 4.56. The number of nitrogens with zero attached hydrogens (tertiary/aromatic N) is 2. The van der Waals surface area contributed by atoms with Crippen LogP contribution >= 0.6 is 0 Å². The van der Waals surface area contributed by atoms with E-state index >= 15 is 0 Å². The second-order valence-corrected chi connectivity index (χ2v) is 5.79. The quantitative estimate of drug-likeness (QED) is 0.875. The highest BCUT2D eigenvalue weighted by molar-refractivity contribution is 5.76. The topological polar surface area (TPSA) is 43.8 Å². The molecule has 0 aliphatic carbocycles. The van der Waals surface area contributed by atoms with Gasteiger partial charge in [-0.25, -0.2) is 9.37 Å². The Kier molecular flexibility index (Phi) is 4.76. The standard InChI is InChI=1S/C16H24FN3/c1-4-8-20-14-7-5-6-13(17)15(14)19-16(20)12(10-18)9-11(2)3/h5-7,11-12H,4,8-10,18H2,1-3H3. The van der Waals surface area contributed by atoms with Crippen molar-refractivity contribution < 1.29 is 4.39 Å². The van der Waals surface area contributed by atoms with Crippen LogP contribution in [0.1, 0.15) is 45.4 Å². The molecule has 0 spiro atoms. The molecule has 0 amide bonds. The summed E-state index contributed by atoms with van der Waals surface area (Å²) >= 11 is 0. The molecule has 0 radical (unpaired) electrons. The third-order valence-electron chi connectivity index (χ3n) is 3.61. The van der Waals surface area contributed by atoms with Crippen molar-refractivity contribution >= 4 is 11.0 Å². The largest absolute Gasteiger partial charge is 0.330 e. The van der Waals surface area contributed by atoms with Gasteiger partial charge in [-0.3, -0.25) is 0 Å². The normalized spacial score (nSPS) is 13.3. The molecule has 1 aromatic carbocycles. The molecule has 2 N–H and O–H groups in total. The third-order valence-corrected chi connectivity index (χ3v) is 3.61. The first kappa shape index (κ1) is 15.0. The molecule has 3 nitrogen and oxygen atoms in total. The van der Waals surface area contributed by atoms with E-state index in [1.165, 1.54) is 6.07 Å². The van der Waals surface area contributed by atoms with Crippen molar-refractivity contribution in [3.8, 4) is 0 Å². The first-order valence-electron chi connectivity index (χ1n) is 7.43. The summed E-state index contributed by atoms with van der Waals surface area (Å²) in [5, 5.41) is 0. The number of imidazole rings is 1. The molecule has 0 fully saturated rings. The minimum Gasteiger partial charge on any atom is -0.330 e. The van der Waals surface area contributed by atoms with Crippen LogP contribution in [0.15, 0.2) is 18.2 Å². The van der Waals surface area contributed by atoms with Crippen LogP contribution in [0.4, 0.5) is 4.39 Å². The summed E-state index contributed by atoms with van der Waals surface area (Å²) in [5.74, 6) is 1.42. The van der Waals surface area contributed by atoms with Crippen LogP contribution in [0.2, 0.25) is 0 Å². The van der Waals surface area contributed by atoms with Gasteiger partial charge in [0, 0.05) is 19.0 Å². The van der Waals surface area contributed by atoms with Gasteiger partial charge in [0.05, 0.1) is 5.52 Å². The fourth-order valence-corrected chi connectivity index (χ4v) is 2.78. The van der Waals surface area contributed by atoms with E-state index in [0.717, 1.165) is 30.7 Å². The molecule has 1 heterocycles. The van der Waals surface area contributed by atoms with Crippen molar-refractivity contribution in [2.45, 2.75) is 46.1 Å². The predicted molar refractivity (Wildman–Crippen MR) is 81.2 cm³/mol. The zero-order chi connectivity index (χ0) is 14.7. The summed E-state index contributed by atoms with van der Waals surface area (Å²) in [7, 11) is 0. The summed E-state index contributed by atoms with van der Waals surface area (Å²) < 4.78 is 16.1. The van der Waals surface area contributed by atoms with Gasteiger partial charge in [-0.15, -0.1) is 0 Å². The van der Waals surface area contributed by atoms with Gasteiger partial charge in [0.1, 0.15) is 11.3 Å². The lowest BCUT2D eigenvalue weighted by atomic mass is 9.96. The number of para-hydroxylation sites is 1. The molecule has 1 atom stereocenters. The molecule has 1 aromatic heterocycles. The van der Waals surface area contributed by atoms with Gasteiger partial charge < -0.3 is 10.3 Å². The molecular weight excluding hydrogens is 253 g/mol. The average molecular weight is 277 g/mol. The summed E-state index contributed by atoms with van der Waals surface area (Å²) in [6.45, 7) is 7.87. The molecule has 1 unspecified atom stereocenters. The zero-order valence-corrected chi connectivity index (χ0v) is 12.6. The molecule has 2 rings (SSSR count). The van der Waals surface area contributed by atoms with Gasteiger partial charge in [-0.05, 0) is 30.9 Å². The van der Waals surface area contributed by atoms with Gasteiger partial charge in [0.2, 0.25) is 0 Å². The molecule has 0 bridgehead atoms. The summed E-state index contributed by atoms with van der Waals surface area (Å²) in [6, 6.07) is 5.15. The van der Waals surface area contributed by atoms with Crippen molar-refractivity contribution in [1.82, 2.24) is 9.55 Å². The smallest absolute Gasteiger partial charge is 0.151 e. The number of aromatic nitrogens is 2. The third kappa shape index (κ3) is 2.85. The molecule has 0 aliphatic rings. The van der Waals surface area contributed by atoms with E-state index < -0.39 is 0 Å². The van der Waals surface area contributed by atoms with Crippen molar-refractivity contribution in [2.75, 3.05) is 6.54 Å². The Morgan fingerprint density at radius 2 is 2.10 bits per heavy atom. The fraction of sp³-hybridized carbons (Fsp3) is 0.562. The van der Waals surface area contributed by atoms with Crippen molar-refractivity contribution in [3.05, 3.63) is 29.8 Å². The number of nitrogens with two attached hydrogens (primary N) is 1. The number of aryl methyl sites for hydroxylation is 1. The minimum absolute atomic E-state index is 0.188. The van der Waals surface area contributed by atoms with Gasteiger partial charge in [0.25, 0.3) is 0 Å². The molecule has 2 aromatic rings. The number of halogens is 1. The highest BCUT2D eigenvalue weighted by Crippen LogP contribution is 2.27. The van der Waals surface area contributed by atoms with E-state index in [9.17, 15) is 4.39 Å². The highest BCUT2D eigenvalue weighted by atomic mass is 19.1. The Labute approximate surface area is 120 Å². The Morgan fingerprint density at radius 1 is 1.35 bits per heavy atom. The summed E-state index contributed by atoms with van der Waals surface area (Å²) in [6.07, 6.45) is 1.97. The first-order valence-corrected chi connectivity index (χ1v) is 7.43. The molecule has 4 heteroatoms. The van der Waals surface area contributed by atoms with Gasteiger partial charge in [0.15, 0.2) is 5.82 Å². The molecule has 0 saturated carbocycles. The van der Waals surface area contributed by atoms with E-state index in [1.807, 2.05) is 6.07 Å². The lowest BCUT2D eigenvalue weighted by molar-refractivity contribution is 0.470. The summed E-state index contributed by atoms with van der Waals surface area (Å²) in [5.41, 5.74) is 7.28. The SMILES string of the molecule is CCCn1c(C(CN)CC(C)C)nc2c(F)cccc21. The number of fused-ring (bicyclic) bond motifs is 1. The monoisotopic (exact) mass is 277 g/mol. The van der Waals surface area contributed by atoms with E-state index in [-0.39, 0.29) is 11.7 Å². The predicted octanol–water partition coefficient (Wildman–Crippen LogP) is 3.67. The lowest BCUT2D eigenvalue weighted by Gasteiger charge is -2.18. The van der Waals surface area contributed by atoms with Gasteiger partial charge >= 0.3 is 0 Å². The van der Waals surface area contributed by atoms with Crippen molar-refractivity contribution in [2.24, 2.45) is 11.7 Å². The maximum Gasteiger partial charge on any atom is 0.151 e. The van der Waals surface area contributed by atoms with Crippen LogP contribution in [0.25, 0.3) is 11.0 Å². The first-order chi connectivity index (χ1) is 9.58. The van der Waals surface area contributed by atoms with Crippen molar-refractivity contribution in [3.63, 3.8) is 0 Å². The van der Waals surface area contributed by atoms with Crippen LogP contribution in [0.3, 0.4) is 0 Å². The number of benzene rings is 1. The Balaban J connectivity index is 2.55. The molecule has 0 aliphatic heterocycles. The zero-order valence-electron chi connectivity index (χ0n) is 12.6. The van der Waals surface area contributed by atoms with Gasteiger partial charge in [-0.2, -0.15) is 0 Å². The van der Waals surface area contributed by atoms with E-state index in [4.69, 9.17) is 5.73 Å². The maximum atomic E-state index is 13.9. The molecule has 110 valence electrons. The van der Waals surface area contributed by atoms with Crippen LogP contribution in [-0.2, 0) is 6.54 Å². The average Bonchev–Trinajstić information content (AvgIpc) is 2.77. The fourth-order valence-electron chi connectivity index (χ4n) is 2.78. The number of hydrogen-bond donors (Lipinski definition) is 1. The second-order valence-electron chi connectivity index (χ2n) is 5.79. The van der Waals surface area contributed by atoms with Gasteiger partial charge in [-0.1, -0.05) is 26.8 Å². The highest BCUT2D eigenvalue weighted by Gasteiger charge is 2.21. The number of rotatable bonds is 6. The van der Waals surface area contributed by atoms with Crippen LogP contribution in [-0.4, -0.2) is 16.1 Å². The molecule has 0 saturated heterocycles. The Bertz CT molecular complexity index is 574. The maximum absolute atomic E-state index is 13.9.